The van der Waals surface area contributed by atoms with Crippen molar-refractivity contribution in [2.75, 3.05) is 0 Å². The highest BCUT2D eigenvalue weighted by atomic mass is 16.5. The molecule has 0 aromatic rings. The number of ether oxygens (including phenoxy) is 1. The van der Waals surface area contributed by atoms with E-state index in [4.69, 9.17) is 4.74 Å². The molecule has 0 bridgehead atoms. The quantitative estimate of drug-likeness (QED) is 0.291. The fourth-order valence-electron chi connectivity index (χ4n) is 15.6. The van der Waals surface area contributed by atoms with Gasteiger partial charge in [0.05, 0.1) is 18.0 Å². The summed E-state index contributed by atoms with van der Waals surface area (Å²) in [6, 6.07) is 0. The number of allylic oxidation sites excluding steroid dienone is 2. The van der Waals surface area contributed by atoms with E-state index in [1.54, 1.807) is 5.57 Å². The highest BCUT2D eigenvalue weighted by molar-refractivity contribution is 5.89. The second-order valence-electron chi connectivity index (χ2n) is 19.4. The van der Waals surface area contributed by atoms with Crippen molar-refractivity contribution in [3.05, 3.63) is 11.3 Å². The van der Waals surface area contributed by atoms with Crippen molar-refractivity contribution < 1.29 is 19.7 Å². The van der Waals surface area contributed by atoms with Crippen LogP contribution in [-0.2, 0) is 9.53 Å². The van der Waals surface area contributed by atoms with Gasteiger partial charge in [-0.25, -0.2) is 0 Å². The zero-order valence-corrected chi connectivity index (χ0v) is 28.2. The smallest absolute Gasteiger partial charge is 0.176 e. The minimum Gasteiger partial charge on any atom is -0.484 e. The van der Waals surface area contributed by atoms with Gasteiger partial charge in [-0.15, -0.1) is 0 Å². The molecule has 1 aliphatic heterocycles. The minimum absolute atomic E-state index is 0.0978. The first kappa shape index (κ1) is 29.3. The Kier molecular flexibility index (Phi) is 6.25. The molecule has 15 atom stereocenters. The lowest BCUT2D eigenvalue weighted by Gasteiger charge is -2.63. The SMILES string of the molecule is C[C@]12CC[C@H]3[C@@H](CC[C@H]4CC(=O)[C@]5(CCC6=C(C[C@@H]7CC[C@@H]8[C@H](CC[C@]9(C)[C@H](O)CC[C@@H]89)[C@@]7(C)C6)O5)C[C@@]43C)[C@H]1CC[C@@H]2O. The van der Waals surface area contributed by atoms with Gasteiger partial charge in [0.25, 0.3) is 0 Å². The molecule has 7 saturated carbocycles. The molecule has 0 amide bonds. The van der Waals surface area contributed by atoms with Gasteiger partial charge in [0.15, 0.2) is 11.4 Å². The molecular formula is C40H60O4. The summed E-state index contributed by atoms with van der Waals surface area (Å²) in [5, 5.41) is 21.9. The van der Waals surface area contributed by atoms with Crippen molar-refractivity contribution in [3.63, 3.8) is 0 Å². The highest BCUT2D eigenvalue weighted by Crippen LogP contribution is 2.70. The number of Topliss-reactive ketones (excluding diaryl/α,β-unsaturated/α-hetero) is 1. The van der Waals surface area contributed by atoms with Gasteiger partial charge in [0, 0.05) is 19.3 Å². The summed E-state index contributed by atoms with van der Waals surface area (Å²) in [5.41, 5.74) is 1.73. The lowest BCUT2D eigenvalue weighted by atomic mass is 9.43. The van der Waals surface area contributed by atoms with Gasteiger partial charge in [-0.2, -0.15) is 0 Å². The number of hydrogen-bond acceptors (Lipinski definition) is 4. The van der Waals surface area contributed by atoms with E-state index in [1.807, 2.05) is 0 Å². The van der Waals surface area contributed by atoms with Crippen LogP contribution in [0, 0.1) is 69.0 Å². The maximum atomic E-state index is 14.2. The van der Waals surface area contributed by atoms with Crippen LogP contribution in [0.2, 0.25) is 0 Å². The van der Waals surface area contributed by atoms with Gasteiger partial charge in [0.2, 0.25) is 0 Å². The standard InChI is InChI=1S/C40H60O4/c1-36-16-14-30-26(28(36)9-11-33(36)41)7-5-24-19-32-23(21-38(24,30)3)13-18-40(44-32)22-39(4)25(20-35(40)43)6-8-27-29-10-12-34(42)37(29,2)17-15-31(27)39/h24-31,33-34,41-42H,5-22H2,1-4H3/t24-,25-,26-,27-,28-,29+,30-,31-,33+,34-,36-,37-,38-,39-,40-/m0/s1. The van der Waals surface area contributed by atoms with Crippen LogP contribution in [-0.4, -0.2) is 33.8 Å². The van der Waals surface area contributed by atoms with E-state index in [1.165, 1.54) is 70.0 Å². The van der Waals surface area contributed by atoms with Gasteiger partial charge < -0.3 is 14.9 Å². The van der Waals surface area contributed by atoms with Gasteiger partial charge in [-0.1, -0.05) is 27.7 Å². The first-order valence-electron chi connectivity index (χ1n) is 19.2. The monoisotopic (exact) mass is 604 g/mol. The van der Waals surface area contributed by atoms with E-state index in [0.717, 1.165) is 63.2 Å². The molecule has 9 aliphatic rings. The van der Waals surface area contributed by atoms with Gasteiger partial charge in [-0.05, 0) is 171 Å². The second kappa shape index (κ2) is 9.39. The van der Waals surface area contributed by atoms with Crippen LogP contribution in [0.15, 0.2) is 11.3 Å². The molecule has 2 N–H and O–H groups in total. The van der Waals surface area contributed by atoms with E-state index in [2.05, 4.69) is 27.7 Å². The molecule has 0 unspecified atom stereocenters. The number of fused-ring (bicyclic) bond motifs is 10. The van der Waals surface area contributed by atoms with Crippen LogP contribution in [0.4, 0.5) is 0 Å². The number of hydrogen-bond donors (Lipinski definition) is 2. The fourth-order valence-corrected chi connectivity index (χ4v) is 15.6. The van der Waals surface area contributed by atoms with Gasteiger partial charge in [0.1, 0.15) is 0 Å². The molecule has 0 aromatic heterocycles. The normalized spacial score (nSPS) is 59.5. The number of carbonyl (C=O) groups excluding carboxylic acids is 1. The maximum Gasteiger partial charge on any atom is 0.176 e. The molecule has 1 spiro atoms. The number of aliphatic hydroxyl groups excluding tert-OH is 2. The average molecular weight is 605 g/mol. The third-order valence-electron chi connectivity index (χ3n) is 18.2. The fraction of sp³-hybridized carbons (Fsp3) is 0.925. The molecule has 0 saturated heterocycles. The molecule has 8 aliphatic carbocycles. The number of carbonyl (C=O) groups is 1. The van der Waals surface area contributed by atoms with Crippen molar-refractivity contribution in [2.24, 2.45) is 69.0 Å². The van der Waals surface area contributed by atoms with E-state index in [-0.39, 0.29) is 28.5 Å². The topological polar surface area (TPSA) is 66.8 Å². The lowest BCUT2D eigenvalue weighted by molar-refractivity contribution is -0.186. The predicted octanol–water partition coefficient (Wildman–Crippen LogP) is 8.39. The summed E-state index contributed by atoms with van der Waals surface area (Å²) in [5.74, 6) is 7.12. The van der Waals surface area contributed by atoms with E-state index in [0.29, 0.717) is 46.7 Å². The van der Waals surface area contributed by atoms with Gasteiger partial charge >= 0.3 is 0 Å². The van der Waals surface area contributed by atoms with Crippen LogP contribution in [0.5, 0.6) is 0 Å². The summed E-state index contributed by atoms with van der Waals surface area (Å²) in [6.07, 6.45) is 19.9. The molecule has 1 heterocycles. The zero-order chi connectivity index (χ0) is 30.4. The first-order chi connectivity index (χ1) is 20.9. The Balaban J connectivity index is 0.976. The van der Waals surface area contributed by atoms with Crippen molar-refractivity contribution in [1.82, 2.24) is 0 Å². The Hall–Kier alpha value is -0.870. The number of rotatable bonds is 0. The van der Waals surface area contributed by atoms with Gasteiger partial charge in [-0.3, -0.25) is 4.79 Å². The van der Waals surface area contributed by atoms with Crippen LogP contribution in [0.25, 0.3) is 0 Å². The average Bonchev–Trinajstić information content (AvgIpc) is 3.47. The molecule has 7 fully saturated rings. The Morgan fingerprint density at radius 2 is 1.16 bits per heavy atom. The predicted molar refractivity (Wildman–Crippen MR) is 171 cm³/mol. The lowest BCUT2D eigenvalue weighted by Crippen LogP contribution is -2.61. The third kappa shape index (κ3) is 3.63. The zero-order valence-electron chi connectivity index (χ0n) is 28.2. The minimum atomic E-state index is -0.598. The number of ketones is 1. The van der Waals surface area contributed by atoms with Crippen molar-refractivity contribution in [1.29, 1.82) is 0 Å². The Labute approximate surface area is 266 Å². The third-order valence-corrected chi connectivity index (χ3v) is 18.2. The molecule has 9 rings (SSSR count). The number of aliphatic hydroxyl groups is 2. The molecule has 4 nitrogen and oxygen atoms in total. The van der Waals surface area contributed by atoms with Crippen LogP contribution in [0.3, 0.4) is 0 Å². The highest BCUT2D eigenvalue weighted by Gasteiger charge is 2.66. The summed E-state index contributed by atoms with van der Waals surface area (Å²) < 4.78 is 7.24. The molecule has 4 heteroatoms. The molecule has 44 heavy (non-hydrogen) atoms. The van der Waals surface area contributed by atoms with E-state index < -0.39 is 5.60 Å². The molecule has 244 valence electrons. The molecule has 0 aromatic carbocycles. The van der Waals surface area contributed by atoms with E-state index in [9.17, 15) is 15.0 Å². The Bertz CT molecular complexity index is 1270. The van der Waals surface area contributed by atoms with Crippen molar-refractivity contribution in [3.8, 4) is 0 Å². The van der Waals surface area contributed by atoms with Crippen LogP contribution in [0.1, 0.15) is 143 Å². The second-order valence-corrected chi connectivity index (χ2v) is 19.4. The Morgan fingerprint density at radius 3 is 1.77 bits per heavy atom. The summed E-state index contributed by atoms with van der Waals surface area (Å²) >= 11 is 0. The van der Waals surface area contributed by atoms with Crippen LogP contribution < -0.4 is 0 Å². The first-order valence-corrected chi connectivity index (χ1v) is 19.2. The molecular weight excluding hydrogens is 544 g/mol. The van der Waals surface area contributed by atoms with E-state index >= 15 is 0 Å². The summed E-state index contributed by atoms with van der Waals surface area (Å²) in [7, 11) is 0. The Morgan fingerprint density at radius 1 is 0.614 bits per heavy atom. The largest absolute Gasteiger partial charge is 0.484 e. The summed E-state index contributed by atoms with van der Waals surface area (Å²) in [6.45, 7) is 9.99. The van der Waals surface area contributed by atoms with Crippen molar-refractivity contribution in [2.45, 2.75) is 161 Å². The molecule has 0 radical (unpaired) electrons. The summed E-state index contributed by atoms with van der Waals surface area (Å²) in [4.78, 5) is 14.2. The van der Waals surface area contributed by atoms with Crippen LogP contribution >= 0.6 is 0 Å². The maximum absolute atomic E-state index is 14.2. The van der Waals surface area contributed by atoms with Crippen molar-refractivity contribution >= 4 is 5.78 Å².